The number of anilines is 1. The topological polar surface area (TPSA) is 78.9 Å². The molecule has 0 spiro atoms. The first-order chi connectivity index (χ1) is 13.5. The second-order valence-electron chi connectivity index (χ2n) is 7.64. The Balaban J connectivity index is 1.58. The highest BCUT2D eigenvalue weighted by atomic mass is 16.4. The fraction of sp³-hybridized carbons (Fsp3) is 0.261. The minimum atomic E-state index is -0.571. The zero-order valence-electron chi connectivity index (χ0n) is 15.9. The molecule has 0 radical (unpaired) electrons. The number of amides is 1. The van der Waals surface area contributed by atoms with Gasteiger partial charge in [0.1, 0.15) is 5.76 Å². The molecule has 4 rings (SSSR count). The van der Waals surface area contributed by atoms with Crippen molar-refractivity contribution in [2.75, 3.05) is 5.32 Å². The van der Waals surface area contributed by atoms with Crippen LogP contribution < -0.4 is 5.32 Å². The van der Waals surface area contributed by atoms with Crippen LogP contribution in [0.15, 0.2) is 59.0 Å². The lowest BCUT2D eigenvalue weighted by molar-refractivity contribution is 0.102. The largest absolute Gasteiger partial charge is 0.440 e. The van der Waals surface area contributed by atoms with Crippen LogP contribution in [0.2, 0.25) is 0 Å². The summed E-state index contributed by atoms with van der Waals surface area (Å²) >= 11 is 0. The summed E-state index contributed by atoms with van der Waals surface area (Å²) in [5.74, 6) is 1.13. The van der Waals surface area contributed by atoms with E-state index in [2.05, 4.69) is 16.4 Å². The number of oxazole rings is 1. The van der Waals surface area contributed by atoms with Crippen LogP contribution in [0.25, 0.3) is 11.5 Å². The third-order valence-electron chi connectivity index (χ3n) is 4.98. The Morgan fingerprint density at radius 1 is 1.14 bits per heavy atom. The molecule has 1 aromatic heterocycles. The van der Waals surface area contributed by atoms with Crippen molar-refractivity contribution >= 4 is 11.6 Å². The minimum Gasteiger partial charge on any atom is -0.440 e. The van der Waals surface area contributed by atoms with Crippen molar-refractivity contribution in [3.8, 4) is 17.5 Å². The third-order valence-corrected chi connectivity index (χ3v) is 4.98. The monoisotopic (exact) mass is 371 g/mol. The third kappa shape index (κ3) is 3.54. The molecule has 0 unspecified atom stereocenters. The Kier molecular flexibility index (Phi) is 4.48. The molecule has 1 N–H and O–H groups in total. The summed E-state index contributed by atoms with van der Waals surface area (Å²) in [6, 6.07) is 19.2. The predicted molar refractivity (Wildman–Crippen MR) is 107 cm³/mol. The van der Waals surface area contributed by atoms with Crippen molar-refractivity contribution in [1.29, 1.82) is 5.26 Å². The van der Waals surface area contributed by atoms with Crippen molar-refractivity contribution in [3.63, 3.8) is 0 Å². The van der Waals surface area contributed by atoms with Crippen LogP contribution >= 0.6 is 0 Å². The molecule has 1 heterocycles. The van der Waals surface area contributed by atoms with Gasteiger partial charge < -0.3 is 9.73 Å². The Hall–Kier alpha value is -3.39. The maximum atomic E-state index is 12.9. The number of aromatic nitrogens is 1. The van der Waals surface area contributed by atoms with Crippen LogP contribution in [0.4, 0.5) is 5.69 Å². The summed E-state index contributed by atoms with van der Waals surface area (Å²) in [5, 5.41) is 12.2. The Bertz CT molecular complexity index is 1040. The Morgan fingerprint density at radius 3 is 2.43 bits per heavy atom. The minimum absolute atomic E-state index is 0.268. The van der Waals surface area contributed by atoms with Crippen LogP contribution in [0.5, 0.6) is 0 Å². The SMILES string of the molecule is CC(C)(C#N)c1ccc(NC(=O)c2nc(-c3ccccc3)oc2C2CC2)cc1. The van der Waals surface area contributed by atoms with Crippen LogP contribution in [-0.4, -0.2) is 10.9 Å². The van der Waals surface area contributed by atoms with Gasteiger partial charge >= 0.3 is 0 Å². The first-order valence-corrected chi connectivity index (χ1v) is 9.37. The number of carbonyl (C=O) groups is 1. The number of benzene rings is 2. The molecule has 0 aliphatic heterocycles. The quantitative estimate of drug-likeness (QED) is 0.662. The van der Waals surface area contributed by atoms with E-state index in [0.717, 1.165) is 24.0 Å². The maximum Gasteiger partial charge on any atom is 0.277 e. The standard InChI is InChI=1S/C23H21N3O2/c1-23(2,14-24)17-10-12-18(13-11-17)25-21(27)19-20(15-8-9-15)28-22(26-19)16-6-4-3-5-7-16/h3-7,10-13,15H,8-9H2,1-2H3,(H,25,27). The number of hydrogen-bond donors (Lipinski definition) is 1. The number of nitriles is 1. The molecule has 1 saturated carbocycles. The van der Waals surface area contributed by atoms with E-state index in [9.17, 15) is 10.1 Å². The molecule has 2 aromatic carbocycles. The van der Waals surface area contributed by atoms with E-state index in [1.165, 1.54) is 0 Å². The molecule has 1 amide bonds. The van der Waals surface area contributed by atoms with Crippen LogP contribution in [0.3, 0.4) is 0 Å². The van der Waals surface area contributed by atoms with Crippen LogP contribution in [-0.2, 0) is 5.41 Å². The highest BCUT2D eigenvalue weighted by Crippen LogP contribution is 2.43. The van der Waals surface area contributed by atoms with Gasteiger partial charge in [-0.3, -0.25) is 4.79 Å². The summed E-state index contributed by atoms with van der Waals surface area (Å²) < 4.78 is 5.95. The maximum absolute atomic E-state index is 12.9. The van der Waals surface area contributed by atoms with Crippen LogP contribution in [0.1, 0.15) is 54.4 Å². The van der Waals surface area contributed by atoms with Gasteiger partial charge in [-0.05, 0) is 56.5 Å². The van der Waals surface area contributed by atoms with Gasteiger partial charge in [0.05, 0.1) is 11.5 Å². The highest BCUT2D eigenvalue weighted by Gasteiger charge is 2.34. The molecule has 0 saturated heterocycles. The number of nitrogens with zero attached hydrogens (tertiary/aromatic N) is 2. The summed E-state index contributed by atoms with van der Waals surface area (Å²) in [6.45, 7) is 3.73. The van der Waals surface area contributed by atoms with Crippen molar-refractivity contribution in [3.05, 3.63) is 71.6 Å². The van der Waals surface area contributed by atoms with E-state index in [0.29, 0.717) is 23.0 Å². The average Bonchev–Trinajstić information content (AvgIpc) is 3.47. The summed E-state index contributed by atoms with van der Waals surface area (Å²) in [7, 11) is 0. The Morgan fingerprint density at radius 2 is 1.82 bits per heavy atom. The van der Waals surface area contributed by atoms with Gasteiger partial charge in [0, 0.05) is 17.2 Å². The molecule has 0 bridgehead atoms. The highest BCUT2D eigenvalue weighted by molar-refractivity contribution is 6.04. The van der Waals surface area contributed by atoms with Crippen molar-refractivity contribution < 1.29 is 9.21 Å². The smallest absolute Gasteiger partial charge is 0.277 e. The number of hydrogen-bond acceptors (Lipinski definition) is 4. The zero-order chi connectivity index (χ0) is 19.7. The van der Waals surface area contributed by atoms with Gasteiger partial charge in [-0.25, -0.2) is 4.98 Å². The lowest BCUT2D eigenvalue weighted by atomic mass is 9.86. The molecule has 5 nitrogen and oxygen atoms in total. The van der Waals surface area contributed by atoms with Gasteiger partial charge in [-0.1, -0.05) is 30.3 Å². The number of carbonyl (C=O) groups excluding carboxylic acids is 1. The van der Waals surface area contributed by atoms with Crippen LogP contribution in [0, 0.1) is 11.3 Å². The average molecular weight is 371 g/mol. The predicted octanol–water partition coefficient (Wildman–Crippen LogP) is 5.27. The van der Waals surface area contributed by atoms with Gasteiger partial charge in [-0.2, -0.15) is 5.26 Å². The summed E-state index contributed by atoms with van der Waals surface area (Å²) in [4.78, 5) is 17.3. The first kappa shape index (κ1) is 18.0. The first-order valence-electron chi connectivity index (χ1n) is 9.37. The van der Waals surface area contributed by atoms with E-state index in [4.69, 9.17) is 4.42 Å². The molecular weight excluding hydrogens is 350 g/mol. The number of nitrogens with one attached hydrogen (secondary N) is 1. The fourth-order valence-corrected chi connectivity index (χ4v) is 3.05. The number of rotatable bonds is 5. The molecule has 3 aromatic rings. The van der Waals surface area contributed by atoms with Crippen molar-refractivity contribution in [2.45, 2.75) is 38.0 Å². The normalized spacial score (nSPS) is 13.8. The van der Waals surface area contributed by atoms with E-state index in [1.807, 2.05) is 56.3 Å². The second kappa shape index (κ2) is 6.97. The summed E-state index contributed by atoms with van der Waals surface area (Å²) in [5.41, 5.74) is 2.19. The molecule has 1 aliphatic carbocycles. The second-order valence-corrected chi connectivity index (χ2v) is 7.64. The molecule has 1 aliphatic rings. The van der Waals surface area contributed by atoms with E-state index in [-0.39, 0.29) is 11.8 Å². The molecule has 140 valence electrons. The van der Waals surface area contributed by atoms with E-state index in [1.54, 1.807) is 12.1 Å². The molecule has 5 heteroatoms. The summed E-state index contributed by atoms with van der Waals surface area (Å²) in [6.07, 6.45) is 2.03. The molecule has 0 atom stereocenters. The molecular formula is C23H21N3O2. The van der Waals surface area contributed by atoms with Gasteiger partial charge in [0.2, 0.25) is 5.89 Å². The zero-order valence-corrected chi connectivity index (χ0v) is 15.9. The van der Waals surface area contributed by atoms with Gasteiger partial charge in [0.25, 0.3) is 5.91 Å². The van der Waals surface area contributed by atoms with Gasteiger partial charge in [-0.15, -0.1) is 0 Å². The molecule has 28 heavy (non-hydrogen) atoms. The lowest BCUT2D eigenvalue weighted by Gasteiger charge is -2.16. The lowest BCUT2D eigenvalue weighted by Crippen LogP contribution is -2.16. The van der Waals surface area contributed by atoms with Crippen molar-refractivity contribution in [1.82, 2.24) is 4.98 Å². The fourth-order valence-electron chi connectivity index (χ4n) is 3.05. The molecule has 1 fully saturated rings. The van der Waals surface area contributed by atoms with E-state index < -0.39 is 5.41 Å². The Labute approximate surface area is 164 Å². The van der Waals surface area contributed by atoms with E-state index >= 15 is 0 Å². The van der Waals surface area contributed by atoms with Crippen molar-refractivity contribution in [2.24, 2.45) is 0 Å². The van der Waals surface area contributed by atoms with Gasteiger partial charge in [0.15, 0.2) is 5.69 Å².